The number of rotatable bonds is 5. The number of aromatic nitrogens is 1. The van der Waals surface area contributed by atoms with E-state index in [0.717, 1.165) is 27.8 Å². The first-order chi connectivity index (χ1) is 15.2. The van der Waals surface area contributed by atoms with Crippen molar-refractivity contribution in [1.82, 2.24) is 4.98 Å². The Morgan fingerprint density at radius 2 is 1.81 bits per heavy atom. The quantitative estimate of drug-likeness (QED) is 0.346. The molecule has 1 amide bonds. The number of carbonyl (C=O) groups excluding carboxylic acids is 1. The summed E-state index contributed by atoms with van der Waals surface area (Å²) in [6, 6.07) is 22.0. The van der Waals surface area contributed by atoms with Crippen molar-refractivity contribution in [3.05, 3.63) is 107 Å². The van der Waals surface area contributed by atoms with Crippen LogP contribution in [0.25, 0.3) is 22.1 Å². The zero-order valence-corrected chi connectivity index (χ0v) is 17.2. The standard InChI is InChI=1S/C25H17FN2O2S/c26-18-11-9-16(10-12-18)13-19-15-31-25(27-19)28-24(29)22-14-30-23-20(7-4-8-21(22)23)17-5-2-1-3-6-17/h1-12,14-15H,13H2,(H,27,28,29). The highest BCUT2D eigenvalue weighted by Crippen LogP contribution is 2.32. The molecule has 5 rings (SSSR count). The van der Waals surface area contributed by atoms with Crippen LogP contribution in [-0.4, -0.2) is 10.9 Å². The zero-order valence-electron chi connectivity index (χ0n) is 16.3. The molecule has 0 aliphatic heterocycles. The van der Waals surface area contributed by atoms with Gasteiger partial charge in [-0.2, -0.15) is 0 Å². The van der Waals surface area contributed by atoms with Crippen LogP contribution in [0.15, 0.2) is 88.9 Å². The van der Waals surface area contributed by atoms with E-state index in [2.05, 4.69) is 10.3 Å². The third-order valence-corrected chi connectivity index (χ3v) is 5.81. The summed E-state index contributed by atoms with van der Waals surface area (Å²) in [5.41, 5.74) is 4.87. The third-order valence-electron chi connectivity index (χ3n) is 5.00. The molecule has 0 aliphatic rings. The summed E-state index contributed by atoms with van der Waals surface area (Å²) >= 11 is 1.36. The zero-order chi connectivity index (χ0) is 21.2. The number of hydrogen-bond donors (Lipinski definition) is 1. The van der Waals surface area contributed by atoms with Crippen molar-refractivity contribution in [3.8, 4) is 11.1 Å². The van der Waals surface area contributed by atoms with E-state index in [-0.39, 0.29) is 11.7 Å². The fraction of sp³-hybridized carbons (Fsp3) is 0.0400. The van der Waals surface area contributed by atoms with Crippen LogP contribution in [0.1, 0.15) is 21.6 Å². The van der Waals surface area contributed by atoms with Gasteiger partial charge in [-0.1, -0.05) is 60.7 Å². The molecule has 5 aromatic rings. The molecule has 0 bridgehead atoms. The van der Waals surface area contributed by atoms with Crippen molar-refractivity contribution in [2.45, 2.75) is 6.42 Å². The minimum Gasteiger partial charge on any atom is -0.463 e. The fourth-order valence-corrected chi connectivity index (χ4v) is 4.20. The van der Waals surface area contributed by atoms with Crippen LogP contribution >= 0.6 is 11.3 Å². The molecule has 0 saturated carbocycles. The number of anilines is 1. The first-order valence-corrected chi connectivity index (χ1v) is 10.6. The summed E-state index contributed by atoms with van der Waals surface area (Å²) in [7, 11) is 0. The van der Waals surface area contributed by atoms with Gasteiger partial charge in [-0.05, 0) is 23.3 Å². The summed E-state index contributed by atoms with van der Waals surface area (Å²) < 4.78 is 18.9. The molecule has 0 spiro atoms. The number of para-hydroxylation sites is 1. The number of benzene rings is 3. The number of halogens is 1. The Balaban J connectivity index is 1.36. The molecule has 0 fully saturated rings. The van der Waals surface area contributed by atoms with Crippen molar-refractivity contribution in [2.24, 2.45) is 0 Å². The molecule has 2 heterocycles. The second kappa shape index (κ2) is 8.16. The molecule has 31 heavy (non-hydrogen) atoms. The number of fused-ring (bicyclic) bond motifs is 1. The van der Waals surface area contributed by atoms with Gasteiger partial charge in [0.25, 0.3) is 5.91 Å². The average molecular weight is 428 g/mol. The Morgan fingerprint density at radius 3 is 2.61 bits per heavy atom. The van der Waals surface area contributed by atoms with E-state index in [1.807, 2.05) is 53.9 Å². The number of amides is 1. The third kappa shape index (κ3) is 3.98. The van der Waals surface area contributed by atoms with E-state index in [0.29, 0.717) is 22.7 Å². The SMILES string of the molecule is O=C(Nc1nc(Cc2ccc(F)cc2)cs1)c1coc2c(-c3ccccc3)cccc12. The summed E-state index contributed by atoms with van der Waals surface area (Å²) in [5, 5.41) is 6.01. The maximum Gasteiger partial charge on any atom is 0.261 e. The minimum atomic E-state index is -0.272. The maximum atomic E-state index is 13.1. The van der Waals surface area contributed by atoms with Gasteiger partial charge in [0, 0.05) is 22.8 Å². The van der Waals surface area contributed by atoms with Crippen molar-refractivity contribution in [1.29, 1.82) is 0 Å². The Kier molecular flexibility index (Phi) is 5.06. The highest BCUT2D eigenvalue weighted by Gasteiger charge is 2.18. The normalized spacial score (nSPS) is 11.0. The number of nitrogens with zero attached hydrogens (tertiary/aromatic N) is 1. The van der Waals surface area contributed by atoms with Gasteiger partial charge in [-0.25, -0.2) is 9.37 Å². The van der Waals surface area contributed by atoms with E-state index < -0.39 is 0 Å². The van der Waals surface area contributed by atoms with Crippen molar-refractivity contribution >= 4 is 33.3 Å². The largest absolute Gasteiger partial charge is 0.463 e. The number of furan rings is 1. The molecule has 0 atom stereocenters. The predicted molar refractivity (Wildman–Crippen MR) is 121 cm³/mol. The molecule has 2 aromatic heterocycles. The highest BCUT2D eigenvalue weighted by atomic mass is 32.1. The molecule has 0 radical (unpaired) electrons. The van der Waals surface area contributed by atoms with Crippen LogP contribution < -0.4 is 5.32 Å². The van der Waals surface area contributed by atoms with E-state index in [1.165, 1.54) is 29.7 Å². The Labute approximate surface area is 182 Å². The first-order valence-electron chi connectivity index (χ1n) is 9.73. The number of carbonyl (C=O) groups is 1. The monoisotopic (exact) mass is 428 g/mol. The molecule has 152 valence electrons. The summed E-state index contributed by atoms with van der Waals surface area (Å²) in [5.74, 6) is -0.538. The molecular weight excluding hydrogens is 411 g/mol. The smallest absolute Gasteiger partial charge is 0.261 e. The molecule has 1 N–H and O–H groups in total. The van der Waals surface area contributed by atoms with Crippen LogP contribution in [0.5, 0.6) is 0 Å². The van der Waals surface area contributed by atoms with E-state index in [1.54, 1.807) is 12.1 Å². The summed E-state index contributed by atoms with van der Waals surface area (Å²) in [4.78, 5) is 17.4. The van der Waals surface area contributed by atoms with Gasteiger partial charge in [0.15, 0.2) is 5.13 Å². The van der Waals surface area contributed by atoms with Gasteiger partial charge in [0.1, 0.15) is 17.7 Å². The lowest BCUT2D eigenvalue weighted by molar-refractivity contribution is 0.102. The fourth-order valence-electron chi connectivity index (χ4n) is 3.50. The topological polar surface area (TPSA) is 55.1 Å². The molecule has 4 nitrogen and oxygen atoms in total. The minimum absolute atomic E-state index is 0.266. The summed E-state index contributed by atoms with van der Waals surface area (Å²) in [6.07, 6.45) is 2.06. The van der Waals surface area contributed by atoms with E-state index >= 15 is 0 Å². The Morgan fingerprint density at radius 1 is 1.00 bits per heavy atom. The van der Waals surface area contributed by atoms with Gasteiger partial charge >= 0.3 is 0 Å². The Hall–Kier alpha value is -3.77. The molecule has 0 unspecified atom stereocenters. The molecule has 0 aliphatic carbocycles. The van der Waals surface area contributed by atoms with Crippen LogP contribution in [0.3, 0.4) is 0 Å². The lowest BCUT2D eigenvalue weighted by Gasteiger charge is -2.03. The van der Waals surface area contributed by atoms with Crippen LogP contribution in [0.2, 0.25) is 0 Å². The number of thiazole rings is 1. The van der Waals surface area contributed by atoms with Crippen molar-refractivity contribution in [3.63, 3.8) is 0 Å². The average Bonchev–Trinajstić information content (AvgIpc) is 3.42. The summed E-state index contributed by atoms with van der Waals surface area (Å²) in [6.45, 7) is 0. The van der Waals surface area contributed by atoms with Crippen molar-refractivity contribution < 1.29 is 13.6 Å². The molecule has 3 aromatic carbocycles. The van der Waals surface area contributed by atoms with Crippen LogP contribution in [0, 0.1) is 5.82 Å². The van der Waals surface area contributed by atoms with Gasteiger partial charge < -0.3 is 4.42 Å². The van der Waals surface area contributed by atoms with Crippen molar-refractivity contribution in [2.75, 3.05) is 5.32 Å². The number of hydrogen-bond acceptors (Lipinski definition) is 4. The van der Waals surface area contributed by atoms with E-state index in [4.69, 9.17) is 4.42 Å². The predicted octanol–water partition coefficient (Wildman–Crippen LogP) is 6.54. The molecular formula is C25H17FN2O2S. The maximum absolute atomic E-state index is 13.1. The van der Waals surface area contributed by atoms with Gasteiger partial charge in [0.05, 0.1) is 11.3 Å². The second-order valence-electron chi connectivity index (χ2n) is 7.10. The van der Waals surface area contributed by atoms with Crippen LogP contribution in [0.4, 0.5) is 9.52 Å². The first kappa shape index (κ1) is 19.2. The van der Waals surface area contributed by atoms with E-state index in [9.17, 15) is 9.18 Å². The van der Waals surface area contributed by atoms with Gasteiger partial charge in [-0.3, -0.25) is 10.1 Å². The molecule has 0 saturated heterocycles. The lowest BCUT2D eigenvalue weighted by Crippen LogP contribution is -2.11. The highest BCUT2D eigenvalue weighted by molar-refractivity contribution is 7.14. The van der Waals surface area contributed by atoms with Gasteiger partial charge in [-0.15, -0.1) is 11.3 Å². The van der Waals surface area contributed by atoms with Gasteiger partial charge in [0.2, 0.25) is 0 Å². The Bertz CT molecular complexity index is 1360. The molecule has 6 heteroatoms. The lowest BCUT2D eigenvalue weighted by atomic mass is 10.0. The number of nitrogens with one attached hydrogen (secondary N) is 1. The van der Waals surface area contributed by atoms with Crippen LogP contribution in [-0.2, 0) is 6.42 Å². The second-order valence-corrected chi connectivity index (χ2v) is 7.96.